The minimum atomic E-state index is -0.0830. The average molecular weight is 264 g/mol. The molecule has 0 spiro atoms. The van der Waals surface area contributed by atoms with Gasteiger partial charge in [0.25, 0.3) is 0 Å². The number of hydrogen-bond acceptors (Lipinski definition) is 3. The van der Waals surface area contributed by atoms with Crippen LogP contribution in [0.15, 0.2) is 12.1 Å². The highest BCUT2D eigenvalue weighted by Gasteiger charge is 2.22. The van der Waals surface area contributed by atoms with E-state index >= 15 is 0 Å². The van der Waals surface area contributed by atoms with Gasteiger partial charge in [0.05, 0.1) is 12.8 Å². The van der Waals surface area contributed by atoms with Gasteiger partial charge >= 0.3 is 0 Å². The van der Waals surface area contributed by atoms with Crippen LogP contribution in [0.3, 0.4) is 0 Å². The number of carbonyl (C=O) groups excluding carboxylic acids is 1. The summed E-state index contributed by atoms with van der Waals surface area (Å²) in [5.74, 6) is 0.712. The second-order valence-corrected chi connectivity index (χ2v) is 5.01. The average Bonchev–Trinajstić information content (AvgIpc) is 2.36. The number of aryl methyl sites for hydroxylation is 2. The van der Waals surface area contributed by atoms with Crippen LogP contribution in [0.1, 0.15) is 24.5 Å². The lowest BCUT2D eigenvalue weighted by molar-refractivity contribution is -0.121. The van der Waals surface area contributed by atoms with Gasteiger partial charge < -0.3 is 15.4 Å². The van der Waals surface area contributed by atoms with E-state index in [0.717, 1.165) is 22.6 Å². The van der Waals surface area contributed by atoms with E-state index in [0.29, 0.717) is 13.0 Å². The SMILES string of the molecule is COc1cc(C)cc(C)c1N(C)C(=O)C(C)CCN. The molecule has 1 atom stereocenters. The summed E-state index contributed by atoms with van der Waals surface area (Å²) in [6.45, 7) is 6.42. The Morgan fingerprint density at radius 3 is 2.58 bits per heavy atom. The van der Waals surface area contributed by atoms with Gasteiger partial charge in [-0.05, 0) is 44.0 Å². The number of rotatable bonds is 5. The summed E-state index contributed by atoms with van der Waals surface area (Å²) >= 11 is 0. The van der Waals surface area contributed by atoms with Crippen molar-refractivity contribution in [2.24, 2.45) is 11.7 Å². The lowest BCUT2D eigenvalue weighted by Crippen LogP contribution is -2.33. The first-order valence-corrected chi connectivity index (χ1v) is 6.55. The van der Waals surface area contributed by atoms with Crippen LogP contribution in [0.25, 0.3) is 0 Å². The van der Waals surface area contributed by atoms with E-state index in [-0.39, 0.29) is 11.8 Å². The molecule has 0 aliphatic carbocycles. The molecule has 1 aromatic rings. The Balaban J connectivity index is 3.11. The maximum Gasteiger partial charge on any atom is 0.229 e. The molecule has 0 saturated heterocycles. The van der Waals surface area contributed by atoms with Crippen molar-refractivity contribution in [3.8, 4) is 5.75 Å². The number of nitrogens with zero attached hydrogens (tertiary/aromatic N) is 1. The predicted octanol–water partition coefficient (Wildman–Crippen LogP) is 2.26. The van der Waals surface area contributed by atoms with Gasteiger partial charge in [0.15, 0.2) is 0 Å². The van der Waals surface area contributed by atoms with Crippen LogP contribution in [0.5, 0.6) is 5.75 Å². The summed E-state index contributed by atoms with van der Waals surface area (Å²) in [7, 11) is 3.41. The fourth-order valence-electron chi connectivity index (χ4n) is 2.32. The van der Waals surface area contributed by atoms with Crippen LogP contribution in [-0.4, -0.2) is 26.6 Å². The Hall–Kier alpha value is -1.55. The van der Waals surface area contributed by atoms with Crippen molar-refractivity contribution in [2.75, 3.05) is 25.6 Å². The van der Waals surface area contributed by atoms with Crippen molar-refractivity contribution in [2.45, 2.75) is 27.2 Å². The standard InChI is InChI=1S/C15H24N2O2/c1-10-8-12(3)14(13(9-10)19-5)17(4)15(18)11(2)6-7-16/h8-9,11H,6-7,16H2,1-5H3. The molecule has 1 amide bonds. The molecule has 106 valence electrons. The Morgan fingerprint density at radius 2 is 2.05 bits per heavy atom. The van der Waals surface area contributed by atoms with Gasteiger partial charge in [-0.15, -0.1) is 0 Å². The first kappa shape index (κ1) is 15.5. The summed E-state index contributed by atoms with van der Waals surface area (Å²) in [5.41, 5.74) is 8.51. The molecular formula is C15H24N2O2. The number of amides is 1. The van der Waals surface area contributed by atoms with Gasteiger partial charge in [0.2, 0.25) is 5.91 Å². The molecule has 2 N–H and O–H groups in total. The first-order valence-electron chi connectivity index (χ1n) is 6.55. The number of ether oxygens (including phenoxy) is 1. The van der Waals surface area contributed by atoms with Crippen molar-refractivity contribution in [3.05, 3.63) is 23.3 Å². The summed E-state index contributed by atoms with van der Waals surface area (Å²) in [4.78, 5) is 14.0. The number of anilines is 1. The van der Waals surface area contributed by atoms with Crippen molar-refractivity contribution in [1.29, 1.82) is 0 Å². The van der Waals surface area contributed by atoms with Crippen molar-refractivity contribution in [3.63, 3.8) is 0 Å². The molecule has 0 heterocycles. The molecule has 1 rings (SSSR count). The molecule has 0 radical (unpaired) electrons. The molecule has 0 bridgehead atoms. The van der Waals surface area contributed by atoms with Gasteiger partial charge in [-0.25, -0.2) is 0 Å². The quantitative estimate of drug-likeness (QED) is 0.887. The Bertz CT molecular complexity index is 458. The zero-order valence-electron chi connectivity index (χ0n) is 12.5. The van der Waals surface area contributed by atoms with Crippen LogP contribution >= 0.6 is 0 Å². The van der Waals surface area contributed by atoms with Crippen LogP contribution in [0.4, 0.5) is 5.69 Å². The minimum absolute atomic E-state index is 0.0655. The monoisotopic (exact) mass is 264 g/mol. The van der Waals surface area contributed by atoms with E-state index in [1.54, 1.807) is 19.1 Å². The molecule has 0 fully saturated rings. The maximum atomic E-state index is 12.4. The van der Waals surface area contributed by atoms with Crippen molar-refractivity contribution >= 4 is 11.6 Å². The third-order valence-corrected chi connectivity index (χ3v) is 3.32. The van der Waals surface area contributed by atoms with Crippen LogP contribution < -0.4 is 15.4 Å². The van der Waals surface area contributed by atoms with Gasteiger partial charge in [0.1, 0.15) is 5.75 Å². The Morgan fingerprint density at radius 1 is 1.42 bits per heavy atom. The summed E-state index contributed by atoms with van der Waals surface area (Å²) in [5, 5.41) is 0. The summed E-state index contributed by atoms with van der Waals surface area (Å²) < 4.78 is 5.40. The van der Waals surface area contributed by atoms with E-state index in [9.17, 15) is 4.79 Å². The van der Waals surface area contributed by atoms with E-state index in [1.807, 2.05) is 26.8 Å². The fraction of sp³-hybridized carbons (Fsp3) is 0.533. The molecular weight excluding hydrogens is 240 g/mol. The zero-order chi connectivity index (χ0) is 14.6. The predicted molar refractivity (Wildman–Crippen MR) is 78.7 cm³/mol. The molecule has 19 heavy (non-hydrogen) atoms. The molecule has 4 heteroatoms. The van der Waals surface area contributed by atoms with Crippen LogP contribution in [-0.2, 0) is 4.79 Å². The zero-order valence-corrected chi connectivity index (χ0v) is 12.5. The highest BCUT2D eigenvalue weighted by Crippen LogP contribution is 2.33. The molecule has 0 aliphatic rings. The third-order valence-electron chi connectivity index (χ3n) is 3.32. The third kappa shape index (κ3) is 3.47. The number of hydrogen-bond donors (Lipinski definition) is 1. The molecule has 0 saturated carbocycles. The summed E-state index contributed by atoms with van der Waals surface area (Å²) in [6.07, 6.45) is 0.691. The van der Waals surface area contributed by atoms with Gasteiger partial charge in [-0.3, -0.25) is 4.79 Å². The second kappa shape index (κ2) is 6.57. The van der Waals surface area contributed by atoms with Crippen molar-refractivity contribution < 1.29 is 9.53 Å². The first-order chi connectivity index (χ1) is 8.92. The van der Waals surface area contributed by atoms with Gasteiger partial charge in [0, 0.05) is 13.0 Å². The topological polar surface area (TPSA) is 55.6 Å². The minimum Gasteiger partial charge on any atom is -0.495 e. The maximum absolute atomic E-state index is 12.4. The Labute approximate surface area is 115 Å². The van der Waals surface area contributed by atoms with E-state index in [1.165, 1.54) is 0 Å². The molecule has 4 nitrogen and oxygen atoms in total. The van der Waals surface area contributed by atoms with Crippen molar-refractivity contribution in [1.82, 2.24) is 0 Å². The number of nitrogens with two attached hydrogens (primary N) is 1. The largest absolute Gasteiger partial charge is 0.495 e. The molecule has 1 aromatic carbocycles. The summed E-state index contributed by atoms with van der Waals surface area (Å²) in [6, 6.07) is 3.99. The normalized spacial score (nSPS) is 12.1. The Kier molecular flexibility index (Phi) is 5.36. The van der Waals surface area contributed by atoms with E-state index in [4.69, 9.17) is 10.5 Å². The van der Waals surface area contributed by atoms with Gasteiger partial charge in [-0.1, -0.05) is 13.0 Å². The highest BCUT2D eigenvalue weighted by molar-refractivity contribution is 5.96. The number of methoxy groups -OCH3 is 1. The lowest BCUT2D eigenvalue weighted by atomic mass is 10.0. The van der Waals surface area contributed by atoms with E-state index < -0.39 is 0 Å². The molecule has 0 aliphatic heterocycles. The highest BCUT2D eigenvalue weighted by atomic mass is 16.5. The smallest absolute Gasteiger partial charge is 0.229 e. The second-order valence-electron chi connectivity index (χ2n) is 5.01. The molecule has 0 aromatic heterocycles. The van der Waals surface area contributed by atoms with Gasteiger partial charge in [-0.2, -0.15) is 0 Å². The fourth-order valence-corrected chi connectivity index (χ4v) is 2.32. The lowest BCUT2D eigenvalue weighted by Gasteiger charge is -2.25. The molecule has 1 unspecified atom stereocenters. The van der Waals surface area contributed by atoms with E-state index in [2.05, 4.69) is 6.07 Å². The van der Waals surface area contributed by atoms with Crippen LogP contribution in [0, 0.1) is 19.8 Å². The number of benzene rings is 1. The number of carbonyl (C=O) groups is 1. The van der Waals surface area contributed by atoms with Crippen LogP contribution in [0.2, 0.25) is 0 Å².